The van der Waals surface area contributed by atoms with E-state index in [-0.39, 0.29) is 5.75 Å². The third-order valence-corrected chi connectivity index (χ3v) is 4.23. The summed E-state index contributed by atoms with van der Waals surface area (Å²) in [5.41, 5.74) is 3.02. The molecule has 1 fully saturated rings. The van der Waals surface area contributed by atoms with Crippen molar-refractivity contribution in [1.29, 1.82) is 0 Å². The number of halogens is 1. The molecule has 0 atom stereocenters. The van der Waals surface area contributed by atoms with Gasteiger partial charge in [-0.2, -0.15) is 0 Å². The Balaban J connectivity index is 1.72. The standard InChI is InChI=1S/C17H19ClN2O/c18-16-7-4-8-17(21)15(16)12-19-13-5-3-6-14(11-13)20-9-1-2-10-20/h3-8,11,19,21H,1-2,9-10,12H2. The fraction of sp³-hybridized carbons (Fsp3) is 0.294. The van der Waals surface area contributed by atoms with Crippen molar-refractivity contribution in [3.63, 3.8) is 0 Å². The Morgan fingerprint density at radius 3 is 2.62 bits per heavy atom. The molecule has 0 unspecified atom stereocenters. The number of nitrogens with zero attached hydrogens (tertiary/aromatic N) is 1. The van der Waals surface area contributed by atoms with Crippen molar-refractivity contribution in [2.75, 3.05) is 23.3 Å². The SMILES string of the molecule is Oc1cccc(Cl)c1CNc1cccc(N2CCCC2)c1. The normalized spacial score (nSPS) is 14.4. The first-order chi connectivity index (χ1) is 10.2. The topological polar surface area (TPSA) is 35.5 Å². The van der Waals surface area contributed by atoms with Gasteiger partial charge < -0.3 is 15.3 Å². The Hall–Kier alpha value is -1.87. The molecular weight excluding hydrogens is 284 g/mol. The van der Waals surface area contributed by atoms with Crippen molar-refractivity contribution < 1.29 is 5.11 Å². The van der Waals surface area contributed by atoms with Crippen molar-refractivity contribution >= 4 is 23.0 Å². The van der Waals surface area contributed by atoms with Crippen LogP contribution in [0.15, 0.2) is 42.5 Å². The van der Waals surface area contributed by atoms with Crippen LogP contribution in [0.1, 0.15) is 18.4 Å². The lowest BCUT2D eigenvalue weighted by Gasteiger charge is -2.19. The van der Waals surface area contributed by atoms with E-state index >= 15 is 0 Å². The molecule has 0 saturated carbocycles. The highest BCUT2D eigenvalue weighted by Gasteiger charge is 2.12. The minimum Gasteiger partial charge on any atom is -0.508 e. The van der Waals surface area contributed by atoms with E-state index in [1.165, 1.54) is 18.5 Å². The maximum Gasteiger partial charge on any atom is 0.122 e. The predicted octanol–water partition coefficient (Wildman–Crippen LogP) is 4.26. The number of nitrogens with one attached hydrogen (secondary N) is 1. The van der Waals surface area contributed by atoms with Gasteiger partial charge in [0.2, 0.25) is 0 Å². The average molecular weight is 303 g/mol. The van der Waals surface area contributed by atoms with Crippen LogP contribution < -0.4 is 10.2 Å². The van der Waals surface area contributed by atoms with Crippen LogP contribution in [-0.2, 0) is 6.54 Å². The smallest absolute Gasteiger partial charge is 0.122 e. The van der Waals surface area contributed by atoms with Gasteiger partial charge in [-0.15, -0.1) is 0 Å². The van der Waals surface area contributed by atoms with Crippen molar-refractivity contribution in [2.24, 2.45) is 0 Å². The highest BCUT2D eigenvalue weighted by Crippen LogP contribution is 2.27. The number of benzene rings is 2. The number of hydrogen-bond donors (Lipinski definition) is 2. The largest absolute Gasteiger partial charge is 0.508 e. The second kappa shape index (κ2) is 6.27. The third kappa shape index (κ3) is 3.24. The zero-order chi connectivity index (χ0) is 14.7. The van der Waals surface area contributed by atoms with Crippen LogP contribution in [0.2, 0.25) is 5.02 Å². The minimum absolute atomic E-state index is 0.227. The highest BCUT2D eigenvalue weighted by molar-refractivity contribution is 6.31. The van der Waals surface area contributed by atoms with Gasteiger partial charge in [0.1, 0.15) is 5.75 Å². The van der Waals surface area contributed by atoms with Crippen LogP contribution in [0.5, 0.6) is 5.75 Å². The molecule has 0 aromatic heterocycles. The summed E-state index contributed by atoms with van der Waals surface area (Å²) in [6.45, 7) is 2.78. The molecule has 0 spiro atoms. The third-order valence-electron chi connectivity index (χ3n) is 3.88. The summed E-state index contributed by atoms with van der Waals surface area (Å²) in [7, 11) is 0. The van der Waals surface area contributed by atoms with Gasteiger partial charge in [0, 0.05) is 41.6 Å². The van der Waals surface area contributed by atoms with E-state index in [0.29, 0.717) is 11.6 Å². The van der Waals surface area contributed by atoms with Gasteiger partial charge in [-0.3, -0.25) is 0 Å². The zero-order valence-corrected chi connectivity index (χ0v) is 12.6. The Labute approximate surface area is 130 Å². The molecule has 0 aliphatic carbocycles. The molecule has 4 heteroatoms. The molecular formula is C17H19ClN2O. The maximum absolute atomic E-state index is 9.86. The van der Waals surface area contributed by atoms with E-state index in [4.69, 9.17) is 11.6 Å². The molecule has 1 saturated heterocycles. The summed E-state index contributed by atoms with van der Waals surface area (Å²) in [6, 6.07) is 13.6. The Morgan fingerprint density at radius 1 is 1.10 bits per heavy atom. The summed E-state index contributed by atoms with van der Waals surface area (Å²) in [5.74, 6) is 0.227. The van der Waals surface area contributed by atoms with Crippen LogP contribution in [-0.4, -0.2) is 18.2 Å². The van der Waals surface area contributed by atoms with Crippen LogP contribution in [0, 0.1) is 0 Å². The van der Waals surface area contributed by atoms with Gasteiger partial charge >= 0.3 is 0 Å². The van der Waals surface area contributed by atoms with E-state index in [1.54, 1.807) is 18.2 Å². The molecule has 1 heterocycles. The van der Waals surface area contributed by atoms with E-state index < -0.39 is 0 Å². The average Bonchev–Trinajstić information content (AvgIpc) is 3.01. The van der Waals surface area contributed by atoms with Gasteiger partial charge in [-0.1, -0.05) is 23.7 Å². The fourth-order valence-corrected chi connectivity index (χ4v) is 2.94. The Bertz CT molecular complexity index is 604. The summed E-state index contributed by atoms with van der Waals surface area (Å²) >= 11 is 6.12. The van der Waals surface area contributed by atoms with Gasteiger partial charge in [0.05, 0.1) is 0 Å². The zero-order valence-electron chi connectivity index (χ0n) is 11.8. The first-order valence-electron chi connectivity index (χ1n) is 7.29. The lowest BCUT2D eigenvalue weighted by molar-refractivity contribution is 0.469. The van der Waals surface area contributed by atoms with Crippen LogP contribution >= 0.6 is 11.6 Å². The van der Waals surface area contributed by atoms with Gasteiger partial charge in [-0.25, -0.2) is 0 Å². The number of phenolic OH excluding ortho intramolecular Hbond substituents is 1. The van der Waals surface area contributed by atoms with Crippen molar-refractivity contribution in [3.05, 3.63) is 53.1 Å². The number of anilines is 2. The lowest BCUT2D eigenvalue weighted by Crippen LogP contribution is -2.17. The number of phenols is 1. The molecule has 110 valence electrons. The number of aromatic hydroxyl groups is 1. The summed E-state index contributed by atoms with van der Waals surface area (Å²) in [4.78, 5) is 2.40. The van der Waals surface area contributed by atoms with E-state index in [9.17, 15) is 5.11 Å². The fourth-order valence-electron chi connectivity index (χ4n) is 2.70. The molecule has 0 bridgehead atoms. The lowest BCUT2D eigenvalue weighted by atomic mass is 10.2. The monoisotopic (exact) mass is 302 g/mol. The first kappa shape index (κ1) is 14.1. The van der Waals surface area contributed by atoms with E-state index in [2.05, 4.69) is 28.4 Å². The quantitative estimate of drug-likeness (QED) is 0.886. The molecule has 1 aliphatic heterocycles. The van der Waals surface area contributed by atoms with Gasteiger partial charge in [0.25, 0.3) is 0 Å². The highest BCUT2D eigenvalue weighted by atomic mass is 35.5. The predicted molar refractivity (Wildman–Crippen MR) is 88.3 cm³/mol. The van der Waals surface area contributed by atoms with E-state index in [1.807, 2.05) is 6.07 Å². The molecule has 2 aromatic carbocycles. The molecule has 21 heavy (non-hydrogen) atoms. The minimum atomic E-state index is 0.227. The van der Waals surface area contributed by atoms with Gasteiger partial charge in [0.15, 0.2) is 0 Å². The molecule has 1 aliphatic rings. The molecule has 0 radical (unpaired) electrons. The Kier molecular flexibility index (Phi) is 4.20. The second-order valence-corrected chi connectivity index (χ2v) is 5.74. The molecule has 2 N–H and O–H groups in total. The second-order valence-electron chi connectivity index (χ2n) is 5.34. The van der Waals surface area contributed by atoms with Crippen LogP contribution in [0.3, 0.4) is 0 Å². The summed E-state index contributed by atoms with van der Waals surface area (Å²) in [6.07, 6.45) is 2.54. The van der Waals surface area contributed by atoms with Crippen molar-refractivity contribution in [2.45, 2.75) is 19.4 Å². The van der Waals surface area contributed by atoms with Crippen molar-refractivity contribution in [1.82, 2.24) is 0 Å². The van der Waals surface area contributed by atoms with Crippen LogP contribution in [0.25, 0.3) is 0 Å². The number of rotatable bonds is 4. The van der Waals surface area contributed by atoms with Crippen LogP contribution in [0.4, 0.5) is 11.4 Å². The van der Waals surface area contributed by atoms with Gasteiger partial charge in [-0.05, 0) is 43.2 Å². The molecule has 0 amide bonds. The molecule has 2 aromatic rings. The summed E-state index contributed by atoms with van der Waals surface area (Å²) in [5, 5.41) is 13.8. The number of hydrogen-bond acceptors (Lipinski definition) is 3. The van der Waals surface area contributed by atoms with E-state index in [0.717, 1.165) is 24.3 Å². The van der Waals surface area contributed by atoms with Crippen molar-refractivity contribution in [3.8, 4) is 5.75 Å². The summed E-state index contributed by atoms with van der Waals surface area (Å²) < 4.78 is 0. The maximum atomic E-state index is 9.86. The first-order valence-corrected chi connectivity index (χ1v) is 7.67. The molecule has 3 nitrogen and oxygen atoms in total. The molecule has 3 rings (SSSR count). The Morgan fingerprint density at radius 2 is 1.86 bits per heavy atom.